The van der Waals surface area contributed by atoms with Gasteiger partial charge in [0.1, 0.15) is 5.75 Å². The van der Waals surface area contributed by atoms with Gasteiger partial charge in [-0.2, -0.15) is 0 Å². The number of nitrogens with zero attached hydrogens (tertiary/aromatic N) is 2. The van der Waals surface area contributed by atoms with Crippen LogP contribution in [0.15, 0.2) is 6.07 Å². The Hall–Kier alpha value is -3.68. The van der Waals surface area contributed by atoms with Gasteiger partial charge in [0.25, 0.3) is 0 Å². The van der Waals surface area contributed by atoms with Crippen molar-refractivity contribution in [2.75, 3.05) is 51.5 Å². The second-order valence-electron chi connectivity index (χ2n) is 12.5. The highest BCUT2D eigenvalue weighted by atomic mass is 16.3. The quantitative estimate of drug-likeness (QED) is 0.183. The van der Waals surface area contributed by atoms with Crippen molar-refractivity contribution in [1.29, 1.82) is 0 Å². The van der Waals surface area contributed by atoms with Crippen molar-refractivity contribution in [2.45, 2.75) is 37.3 Å². The van der Waals surface area contributed by atoms with Crippen molar-refractivity contribution in [3.8, 4) is 5.75 Å². The lowest BCUT2D eigenvalue weighted by Gasteiger charge is -2.52. The van der Waals surface area contributed by atoms with E-state index in [1.807, 2.05) is 0 Å². The van der Waals surface area contributed by atoms with Gasteiger partial charge in [-0.05, 0) is 69.8 Å². The van der Waals surface area contributed by atoms with E-state index >= 15 is 0 Å². The summed E-state index contributed by atoms with van der Waals surface area (Å²) in [7, 11) is 6.55. The number of primary amides is 1. The zero-order chi connectivity index (χ0) is 30.8. The Morgan fingerprint density at radius 1 is 1.10 bits per heavy atom. The van der Waals surface area contributed by atoms with E-state index in [1.165, 1.54) is 19.0 Å². The maximum absolute atomic E-state index is 14.1. The monoisotopic (exact) mass is 583 g/mol. The average molecular weight is 584 g/mol. The fourth-order valence-electron chi connectivity index (χ4n) is 7.05. The van der Waals surface area contributed by atoms with E-state index < -0.39 is 76.0 Å². The number of aromatic hydroxyl groups is 1. The number of phenolic OH excluding ortho intramolecular Hbond substituents is 1. The molecule has 0 saturated heterocycles. The second-order valence-corrected chi connectivity index (χ2v) is 12.5. The van der Waals surface area contributed by atoms with Crippen molar-refractivity contribution in [2.24, 2.45) is 35.3 Å². The Morgan fingerprint density at radius 2 is 1.76 bits per heavy atom. The first-order valence-corrected chi connectivity index (χ1v) is 14.1. The van der Waals surface area contributed by atoms with E-state index in [0.29, 0.717) is 23.7 Å². The Bertz CT molecular complexity index is 1400. The van der Waals surface area contributed by atoms with E-state index in [9.17, 15) is 39.0 Å². The van der Waals surface area contributed by atoms with Crippen molar-refractivity contribution in [3.63, 3.8) is 0 Å². The van der Waals surface area contributed by atoms with Crippen molar-refractivity contribution in [3.05, 3.63) is 17.2 Å². The van der Waals surface area contributed by atoms with Crippen LogP contribution in [-0.4, -0.2) is 103 Å². The van der Waals surface area contributed by atoms with Crippen LogP contribution >= 0.6 is 0 Å². The molecule has 0 spiro atoms. The molecule has 42 heavy (non-hydrogen) atoms. The highest BCUT2D eigenvalue weighted by molar-refractivity contribution is 6.32. The summed E-state index contributed by atoms with van der Waals surface area (Å²) >= 11 is 0. The predicted octanol–water partition coefficient (Wildman–Crippen LogP) is -1.13. The lowest BCUT2D eigenvalue weighted by molar-refractivity contribution is -0.181. The van der Waals surface area contributed by atoms with E-state index in [1.54, 1.807) is 25.1 Å². The summed E-state index contributed by atoms with van der Waals surface area (Å²) in [4.78, 5) is 82.7. The standard InChI is InChI=1S/C29H37N5O8/c1-33(2)17-9-16(32-18(35)11-31-10-12-5-6-12)23(36)20-14(17)7-13-8-15-22(34(3)4)25(38)21(28(30)41)27(40)29(15,42)26(39)19(13)24(20)37/h9,12-13,15,19,21-22,31,36,42H,5-8,10-11H2,1-4H3,(H2,30,41)(H,32,35)/t13?,15?,19?,21?,22-,29-/m0/s1. The Kier molecular flexibility index (Phi) is 7.48. The number of anilines is 2. The van der Waals surface area contributed by atoms with Crippen LogP contribution in [0.3, 0.4) is 0 Å². The van der Waals surface area contributed by atoms with Gasteiger partial charge in [0.15, 0.2) is 34.7 Å². The smallest absolute Gasteiger partial charge is 0.238 e. The molecular formula is C29H37N5O8. The molecule has 0 heterocycles. The van der Waals surface area contributed by atoms with Crippen LogP contribution in [0, 0.1) is 29.6 Å². The normalized spacial score (nSPS) is 30.5. The first-order valence-electron chi connectivity index (χ1n) is 14.1. The van der Waals surface area contributed by atoms with Gasteiger partial charge in [0, 0.05) is 25.7 Å². The molecule has 13 nitrogen and oxygen atoms in total. The van der Waals surface area contributed by atoms with Gasteiger partial charge in [-0.15, -0.1) is 0 Å². The lowest BCUT2D eigenvalue weighted by atomic mass is 9.52. The molecule has 226 valence electrons. The number of ketones is 4. The lowest BCUT2D eigenvalue weighted by Crippen LogP contribution is -2.74. The number of benzene rings is 1. The summed E-state index contributed by atoms with van der Waals surface area (Å²) in [5.41, 5.74) is 3.38. The van der Waals surface area contributed by atoms with Crippen molar-refractivity contribution < 1.29 is 39.0 Å². The molecule has 5 rings (SSSR count). The zero-order valence-corrected chi connectivity index (χ0v) is 24.1. The SMILES string of the molecule is CN(C)c1cc(NC(=O)CNCC2CC2)c(O)c2c1CC1CC3[C@H](N(C)C)C(=O)C(C(N)=O)C(=O)[C@@]3(O)C(=O)C1C2=O. The number of likely N-dealkylation sites (N-methyl/N-ethyl adjacent to an activating group) is 1. The van der Waals surface area contributed by atoms with Crippen LogP contribution in [-0.2, 0) is 30.4 Å². The van der Waals surface area contributed by atoms with Crippen LogP contribution in [0.2, 0.25) is 0 Å². The van der Waals surface area contributed by atoms with Gasteiger partial charge >= 0.3 is 0 Å². The van der Waals surface area contributed by atoms with E-state index in [4.69, 9.17) is 5.73 Å². The van der Waals surface area contributed by atoms with Crippen LogP contribution in [0.25, 0.3) is 0 Å². The fourth-order valence-corrected chi connectivity index (χ4v) is 7.05. The molecule has 4 aliphatic rings. The number of fused-ring (bicyclic) bond motifs is 3. The molecule has 1 aromatic rings. The van der Waals surface area contributed by atoms with Crippen LogP contribution in [0.5, 0.6) is 5.75 Å². The Labute approximate surface area is 242 Å². The number of amides is 2. The number of aliphatic hydroxyl groups is 1. The molecule has 4 aliphatic carbocycles. The highest BCUT2D eigenvalue weighted by Crippen LogP contribution is 2.52. The summed E-state index contributed by atoms with van der Waals surface area (Å²) in [6.07, 6.45) is 2.32. The van der Waals surface area contributed by atoms with Crippen molar-refractivity contribution >= 4 is 46.3 Å². The zero-order valence-electron chi connectivity index (χ0n) is 24.1. The number of Topliss-reactive ketones (excluding diaryl/α,β-unsaturated/α-hetero) is 4. The maximum Gasteiger partial charge on any atom is 0.238 e. The highest BCUT2D eigenvalue weighted by Gasteiger charge is 2.69. The largest absolute Gasteiger partial charge is 0.505 e. The predicted molar refractivity (Wildman–Crippen MR) is 150 cm³/mol. The molecule has 2 amide bonds. The number of hydrogen-bond acceptors (Lipinski definition) is 11. The molecule has 13 heteroatoms. The van der Waals surface area contributed by atoms with Gasteiger partial charge in [-0.3, -0.25) is 33.7 Å². The molecule has 0 bridgehead atoms. The third kappa shape index (κ3) is 4.59. The second kappa shape index (κ2) is 10.5. The number of carbonyl (C=O) groups excluding carboxylic acids is 6. The van der Waals surface area contributed by atoms with Crippen LogP contribution < -0.4 is 21.3 Å². The van der Waals surface area contributed by atoms with E-state index in [-0.39, 0.29) is 30.6 Å². The minimum Gasteiger partial charge on any atom is -0.505 e. The molecule has 6 N–H and O–H groups in total. The first kappa shape index (κ1) is 29.8. The number of phenols is 1. The van der Waals surface area contributed by atoms with Crippen LogP contribution in [0.4, 0.5) is 11.4 Å². The van der Waals surface area contributed by atoms with Gasteiger partial charge in [0.05, 0.1) is 29.8 Å². The summed E-state index contributed by atoms with van der Waals surface area (Å²) in [6, 6.07) is 0.398. The van der Waals surface area contributed by atoms with Crippen molar-refractivity contribution in [1.82, 2.24) is 10.2 Å². The molecular weight excluding hydrogens is 546 g/mol. The summed E-state index contributed by atoms with van der Waals surface area (Å²) < 4.78 is 0. The molecule has 6 atom stereocenters. The summed E-state index contributed by atoms with van der Waals surface area (Å²) in [6.45, 7) is 0.709. The maximum atomic E-state index is 14.1. The topological polar surface area (TPSA) is 199 Å². The molecule has 1 aromatic carbocycles. The first-order chi connectivity index (χ1) is 19.7. The third-order valence-electron chi connectivity index (χ3n) is 9.21. The number of carbonyl (C=O) groups is 6. The molecule has 3 fully saturated rings. The molecule has 4 unspecified atom stereocenters. The number of nitrogens with one attached hydrogen (secondary N) is 2. The molecule has 0 aromatic heterocycles. The van der Waals surface area contributed by atoms with Gasteiger partial charge < -0.3 is 31.5 Å². The number of hydrogen-bond donors (Lipinski definition) is 5. The van der Waals surface area contributed by atoms with Gasteiger partial charge in [-0.25, -0.2) is 0 Å². The molecule has 0 radical (unpaired) electrons. The fraction of sp³-hybridized carbons (Fsp3) is 0.586. The van der Waals surface area contributed by atoms with E-state index in [2.05, 4.69) is 10.6 Å². The van der Waals surface area contributed by atoms with E-state index in [0.717, 1.165) is 12.8 Å². The van der Waals surface area contributed by atoms with Crippen LogP contribution in [0.1, 0.15) is 35.2 Å². The summed E-state index contributed by atoms with van der Waals surface area (Å²) in [5, 5.41) is 28.7. The molecule has 3 saturated carbocycles. The Balaban J connectivity index is 1.54. The third-order valence-corrected chi connectivity index (χ3v) is 9.21. The van der Waals surface area contributed by atoms with Gasteiger partial charge in [-0.1, -0.05) is 0 Å². The minimum atomic E-state index is -2.80. The summed E-state index contributed by atoms with van der Waals surface area (Å²) in [5.74, 6) is -11.1. The number of rotatable bonds is 8. The molecule has 0 aliphatic heterocycles. The average Bonchev–Trinajstić information content (AvgIpc) is 3.71. The van der Waals surface area contributed by atoms with Gasteiger partial charge in [0.2, 0.25) is 11.8 Å². The minimum absolute atomic E-state index is 0.00474. The Morgan fingerprint density at radius 3 is 2.33 bits per heavy atom. The number of nitrogens with two attached hydrogens (primary N) is 1.